The molecule has 1 aliphatic carbocycles. The Kier molecular flexibility index (Phi) is 2.50. The second kappa shape index (κ2) is 4.14. The summed E-state index contributed by atoms with van der Waals surface area (Å²) in [5, 5.41) is 3.47. The summed E-state index contributed by atoms with van der Waals surface area (Å²) in [7, 11) is 0. The lowest BCUT2D eigenvalue weighted by Crippen LogP contribution is -2.14. The molecule has 1 fully saturated rings. The van der Waals surface area contributed by atoms with Gasteiger partial charge in [-0.05, 0) is 18.9 Å². The van der Waals surface area contributed by atoms with Gasteiger partial charge in [0, 0.05) is 30.5 Å². The highest BCUT2D eigenvalue weighted by Crippen LogP contribution is 2.19. The topological polar surface area (TPSA) is 43.0 Å². The van der Waals surface area contributed by atoms with Crippen molar-refractivity contribution in [2.75, 3.05) is 0 Å². The SMILES string of the molecule is c1cn(Cc2cc(CNC3CC3)co2)cn1. The van der Waals surface area contributed by atoms with E-state index in [4.69, 9.17) is 4.42 Å². The zero-order valence-electron chi connectivity index (χ0n) is 9.10. The van der Waals surface area contributed by atoms with Crippen molar-refractivity contribution in [3.8, 4) is 0 Å². The van der Waals surface area contributed by atoms with Gasteiger partial charge in [0.2, 0.25) is 0 Å². The molecule has 1 saturated carbocycles. The van der Waals surface area contributed by atoms with Crippen molar-refractivity contribution in [1.29, 1.82) is 0 Å². The van der Waals surface area contributed by atoms with E-state index in [1.54, 1.807) is 12.5 Å². The largest absolute Gasteiger partial charge is 0.467 e. The number of aromatic nitrogens is 2. The molecule has 4 nitrogen and oxygen atoms in total. The molecule has 0 unspecified atom stereocenters. The number of furan rings is 1. The van der Waals surface area contributed by atoms with E-state index in [0.717, 1.165) is 24.9 Å². The van der Waals surface area contributed by atoms with Crippen molar-refractivity contribution >= 4 is 0 Å². The Morgan fingerprint density at radius 2 is 2.44 bits per heavy atom. The number of imidazole rings is 1. The molecule has 1 aliphatic rings. The standard InChI is InChI=1S/C12H15N3O/c1-2-11(1)14-6-10-5-12(16-8-10)7-15-4-3-13-9-15/h3-5,8-9,11,14H,1-2,6-7H2. The predicted octanol–water partition coefficient (Wildman–Crippen LogP) is 1.78. The Morgan fingerprint density at radius 3 is 3.19 bits per heavy atom. The highest BCUT2D eigenvalue weighted by atomic mass is 16.3. The lowest BCUT2D eigenvalue weighted by atomic mass is 10.3. The summed E-state index contributed by atoms with van der Waals surface area (Å²) < 4.78 is 7.50. The molecular formula is C12H15N3O. The van der Waals surface area contributed by atoms with Crippen LogP contribution in [0.15, 0.2) is 35.5 Å². The van der Waals surface area contributed by atoms with E-state index in [1.807, 2.05) is 17.0 Å². The first-order chi connectivity index (χ1) is 7.90. The molecule has 4 heteroatoms. The van der Waals surface area contributed by atoms with Gasteiger partial charge >= 0.3 is 0 Å². The van der Waals surface area contributed by atoms with E-state index >= 15 is 0 Å². The van der Waals surface area contributed by atoms with E-state index in [0.29, 0.717) is 0 Å². The second-order valence-corrected chi connectivity index (χ2v) is 4.31. The first kappa shape index (κ1) is 9.66. The van der Waals surface area contributed by atoms with Crippen molar-refractivity contribution in [3.63, 3.8) is 0 Å². The number of hydrogen-bond donors (Lipinski definition) is 1. The number of rotatable bonds is 5. The summed E-state index contributed by atoms with van der Waals surface area (Å²) in [5.74, 6) is 0.977. The average molecular weight is 217 g/mol. The van der Waals surface area contributed by atoms with Crippen LogP contribution in [0.5, 0.6) is 0 Å². The fourth-order valence-corrected chi connectivity index (χ4v) is 1.71. The molecule has 3 rings (SSSR count). The third-order valence-electron chi connectivity index (χ3n) is 2.78. The van der Waals surface area contributed by atoms with Crippen LogP contribution in [0.2, 0.25) is 0 Å². The first-order valence-corrected chi connectivity index (χ1v) is 5.65. The van der Waals surface area contributed by atoms with Crippen molar-refractivity contribution in [1.82, 2.24) is 14.9 Å². The van der Waals surface area contributed by atoms with E-state index in [2.05, 4.69) is 16.4 Å². The minimum absolute atomic E-state index is 0.743. The summed E-state index contributed by atoms with van der Waals surface area (Å²) in [6.45, 7) is 1.67. The minimum Gasteiger partial charge on any atom is -0.467 e. The molecule has 2 aromatic heterocycles. The van der Waals surface area contributed by atoms with Gasteiger partial charge in [0.1, 0.15) is 5.76 Å². The lowest BCUT2D eigenvalue weighted by Gasteiger charge is -1.97. The molecule has 0 spiro atoms. The van der Waals surface area contributed by atoms with Gasteiger partial charge in [-0.3, -0.25) is 0 Å². The van der Waals surface area contributed by atoms with Crippen LogP contribution in [-0.2, 0) is 13.1 Å². The fraction of sp³-hybridized carbons (Fsp3) is 0.417. The Morgan fingerprint density at radius 1 is 1.50 bits per heavy atom. The quantitative estimate of drug-likeness (QED) is 0.830. The molecule has 1 N–H and O–H groups in total. The molecule has 0 atom stereocenters. The van der Waals surface area contributed by atoms with Crippen molar-refractivity contribution < 1.29 is 4.42 Å². The van der Waals surface area contributed by atoms with Gasteiger partial charge < -0.3 is 14.3 Å². The van der Waals surface area contributed by atoms with Crippen molar-refractivity contribution in [3.05, 3.63) is 42.4 Å². The monoisotopic (exact) mass is 217 g/mol. The minimum atomic E-state index is 0.743. The number of nitrogens with zero attached hydrogens (tertiary/aromatic N) is 2. The maximum Gasteiger partial charge on any atom is 0.123 e. The molecule has 2 heterocycles. The van der Waals surface area contributed by atoms with Gasteiger partial charge in [0.05, 0.1) is 19.1 Å². The van der Waals surface area contributed by atoms with Crippen LogP contribution in [0, 0.1) is 0 Å². The van der Waals surface area contributed by atoms with Gasteiger partial charge in [-0.1, -0.05) is 0 Å². The Bertz CT molecular complexity index is 443. The van der Waals surface area contributed by atoms with Crippen LogP contribution >= 0.6 is 0 Å². The molecule has 0 saturated heterocycles. The van der Waals surface area contributed by atoms with Crippen LogP contribution < -0.4 is 5.32 Å². The predicted molar refractivity (Wildman–Crippen MR) is 59.9 cm³/mol. The van der Waals surface area contributed by atoms with Crippen molar-refractivity contribution in [2.24, 2.45) is 0 Å². The highest BCUT2D eigenvalue weighted by molar-refractivity contribution is 5.13. The molecular weight excluding hydrogens is 202 g/mol. The number of nitrogens with one attached hydrogen (secondary N) is 1. The summed E-state index contributed by atoms with van der Waals surface area (Å²) in [4.78, 5) is 4.00. The van der Waals surface area contributed by atoms with E-state index in [-0.39, 0.29) is 0 Å². The maximum atomic E-state index is 5.50. The second-order valence-electron chi connectivity index (χ2n) is 4.31. The first-order valence-electron chi connectivity index (χ1n) is 5.65. The van der Waals surface area contributed by atoms with Crippen LogP contribution in [-0.4, -0.2) is 15.6 Å². The van der Waals surface area contributed by atoms with Crippen LogP contribution in [0.4, 0.5) is 0 Å². The van der Waals surface area contributed by atoms with Crippen molar-refractivity contribution in [2.45, 2.75) is 32.0 Å². The van der Waals surface area contributed by atoms with Gasteiger partial charge in [-0.2, -0.15) is 0 Å². The maximum absolute atomic E-state index is 5.50. The zero-order valence-corrected chi connectivity index (χ0v) is 9.10. The van der Waals surface area contributed by atoms with Crippen LogP contribution in [0.25, 0.3) is 0 Å². The normalized spacial score (nSPS) is 15.5. The van der Waals surface area contributed by atoms with Gasteiger partial charge in [0.25, 0.3) is 0 Å². The Labute approximate surface area is 94.3 Å². The molecule has 2 aromatic rings. The van der Waals surface area contributed by atoms with Gasteiger partial charge in [-0.25, -0.2) is 4.98 Å². The molecule has 0 bridgehead atoms. The fourth-order valence-electron chi connectivity index (χ4n) is 1.71. The molecule has 0 aliphatic heterocycles. The van der Waals surface area contributed by atoms with Gasteiger partial charge in [0.15, 0.2) is 0 Å². The van der Waals surface area contributed by atoms with Crippen LogP contribution in [0.1, 0.15) is 24.2 Å². The molecule has 0 aromatic carbocycles. The number of hydrogen-bond acceptors (Lipinski definition) is 3. The zero-order chi connectivity index (χ0) is 10.8. The molecule has 16 heavy (non-hydrogen) atoms. The van der Waals surface area contributed by atoms with E-state index in [1.165, 1.54) is 18.4 Å². The molecule has 0 radical (unpaired) electrons. The summed E-state index contributed by atoms with van der Waals surface area (Å²) in [6.07, 6.45) is 9.98. The third-order valence-corrected chi connectivity index (χ3v) is 2.78. The summed E-state index contributed by atoms with van der Waals surface area (Å²) in [5.41, 5.74) is 1.22. The Hall–Kier alpha value is -1.55. The van der Waals surface area contributed by atoms with Gasteiger partial charge in [-0.15, -0.1) is 0 Å². The Balaban J connectivity index is 1.58. The molecule has 0 amide bonds. The molecule has 84 valence electrons. The van der Waals surface area contributed by atoms with Crippen LogP contribution in [0.3, 0.4) is 0 Å². The smallest absolute Gasteiger partial charge is 0.123 e. The lowest BCUT2D eigenvalue weighted by molar-refractivity contribution is 0.491. The third kappa shape index (κ3) is 2.33. The van der Waals surface area contributed by atoms with E-state index < -0.39 is 0 Å². The van der Waals surface area contributed by atoms with E-state index in [9.17, 15) is 0 Å². The average Bonchev–Trinajstić information content (AvgIpc) is 2.78. The summed E-state index contributed by atoms with van der Waals surface area (Å²) >= 11 is 0. The summed E-state index contributed by atoms with van der Waals surface area (Å²) in [6, 6.07) is 2.85. The highest BCUT2D eigenvalue weighted by Gasteiger charge is 2.20.